The summed E-state index contributed by atoms with van der Waals surface area (Å²) in [5.74, 6) is 1.03. The Balaban J connectivity index is 1.51. The first-order chi connectivity index (χ1) is 11.8. The summed E-state index contributed by atoms with van der Waals surface area (Å²) in [5, 5.41) is 0. The van der Waals surface area contributed by atoms with E-state index < -0.39 is 5.97 Å². The van der Waals surface area contributed by atoms with E-state index in [2.05, 4.69) is 9.97 Å². The number of hydrogen-bond donors (Lipinski definition) is 0. The van der Waals surface area contributed by atoms with Crippen molar-refractivity contribution in [2.45, 2.75) is 0 Å². The third kappa shape index (κ3) is 3.78. The Morgan fingerprint density at radius 2 is 1.62 bits per heavy atom. The summed E-state index contributed by atoms with van der Waals surface area (Å²) in [6.45, 7) is 0.425. The molecule has 0 aliphatic heterocycles. The minimum Gasteiger partial charge on any atom is -0.497 e. The highest BCUT2D eigenvalue weighted by Gasteiger charge is 2.08. The fraction of sp³-hybridized carbons (Fsp3) is 0.167. The highest BCUT2D eigenvalue weighted by Crippen LogP contribution is 2.17. The third-order valence-electron chi connectivity index (χ3n) is 3.35. The van der Waals surface area contributed by atoms with Gasteiger partial charge in [-0.05, 0) is 42.5 Å². The second-order valence-corrected chi connectivity index (χ2v) is 4.92. The number of benzene rings is 2. The van der Waals surface area contributed by atoms with Gasteiger partial charge < -0.3 is 14.2 Å². The fourth-order valence-electron chi connectivity index (χ4n) is 2.14. The van der Waals surface area contributed by atoms with Crippen molar-refractivity contribution < 1.29 is 19.0 Å². The van der Waals surface area contributed by atoms with Gasteiger partial charge in [0.1, 0.15) is 24.7 Å². The molecule has 0 aliphatic carbocycles. The van der Waals surface area contributed by atoms with Crippen molar-refractivity contribution in [3.8, 4) is 11.5 Å². The maximum atomic E-state index is 12.0. The van der Waals surface area contributed by atoms with Crippen LogP contribution in [0.4, 0.5) is 0 Å². The van der Waals surface area contributed by atoms with Crippen molar-refractivity contribution in [2.24, 2.45) is 0 Å². The van der Waals surface area contributed by atoms with Crippen LogP contribution in [0.3, 0.4) is 0 Å². The molecule has 0 radical (unpaired) electrons. The van der Waals surface area contributed by atoms with Gasteiger partial charge in [0.2, 0.25) is 0 Å². The van der Waals surface area contributed by atoms with Crippen LogP contribution in [-0.2, 0) is 4.74 Å². The summed E-state index contributed by atoms with van der Waals surface area (Å²) in [6.07, 6.45) is 3.19. The summed E-state index contributed by atoms with van der Waals surface area (Å²) in [5.41, 5.74) is 1.82. The summed E-state index contributed by atoms with van der Waals surface area (Å²) >= 11 is 0. The second-order valence-electron chi connectivity index (χ2n) is 4.92. The Morgan fingerprint density at radius 3 is 2.38 bits per heavy atom. The van der Waals surface area contributed by atoms with E-state index in [4.69, 9.17) is 14.2 Å². The highest BCUT2D eigenvalue weighted by atomic mass is 16.6. The van der Waals surface area contributed by atoms with E-state index in [1.807, 2.05) is 0 Å². The summed E-state index contributed by atoms with van der Waals surface area (Å²) in [7, 11) is 1.60. The first kappa shape index (κ1) is 15.7. The molecule has 6 heteroatoms. The topological polar surface area (TPSA) is 70.5 Å². The van der Waals surface area contributed by atoms with Gasteiger partial charge in [-0.3, -0.25) is 9.97 Å². The van der Waals surface area contributed by atoms with Crippen LogP contribution in [0.2, 0.25) is 0 Å². The van der Waals surface area contributed by atoms with Crippen molar-refractivity contribution in [1.82, 2.24) is 9.97 Å². The van der Waals surface area contributed by atoms with Gasteiger partial charge >= 0.3 is 5.97 Å². The van der Waals surface area contributed by atoms with Crippen molar-refractivity contribution in [3.63, 3.8) is 0 Å². The van der Waals surface area contributed by atoms with Gasteiger partial charge in [-0.1, -0.05) is 0 Å². The van der Waals surface area contributed by atoms with Gasteiger partial charge in [0.05, 0.1) is 23.7 Å². The molecule has 1 heterocycles. The van der Waals surface area contributed by atoms with Crippen LogP contribution in [0.1, 0.15) is 10.4 Å². The van der Waals surface area contributed by atoms with Gasteiger partial charge in [0.25, 0.3) is 0 Å². The molecule has 0 spiro atoms. The zero-order chi connectivity index (χ0) is 16.8. The molecular weight excluding hydrogens is 308 g/mol. The Kier molecular flexibility index (Phi) is 4.86. The molecule has 2 aromatic carbocycles. The molecule has 3 aromatic rings. The molecule has 24 heavy (non-hydrogen) atoms. The molecular formula is C18H16N2O4. The van der Waals surface area contributed by atoms with Crippen LogP contribution in [0.25, 0.3) is 11.0 Å². The van der Waals surface area contributed by atoms with Crippen LogP contribution in [0.15, 0.2) is 54.9 Å². The van der Waals surface area contributed by atoms with Crippen LogP contribution < -0.4 is 9.47 Å². The number of hydrogen-bond acceptors (Lipinski definition) is 6. The molecule has 0 atom stereocenters. The quantitative estimate of drug-likeness (QED) is 0.513. The van der Waals surface area contributed by atoms with Gasteiger partial charge in [-0.25, -0.2) is 4.79 Å². The molecule has 0 amide bonds. The van der Waals surface area contributed by atoms with Crippen LogP contribution in [0.5, 0.6) is 11.5 Å². The monoisotopic (exact) mass is 324 g/mol. The Labute approximate surface area is 139 Å². The zero-order valence-corrected chi connectivity index (χ0v) is 13.1. The van der Waals surface area contributed by atoms with Gasteiger partial charge in [0, 0.05) is 12.4 Å². The van der Waals surface area contributed by atoms with Crippen molar-refractivity contribution in [3.05, 3.63) is 60.4 Å². The van der Waals surface area contributed by atoms with Crippen molar-refractivity contribution in [2.75, 3.05) is 20.3 Å². The second kappa shape index (κ2) is 7.41. The lowest BCUT2D eigenvalue weighted by Gasteiger charge is -2.08. The molecule has 0 N–H and O–H groups in total. The lowest BCUT2D eigenvalue weighted by Crippen LogP contribution is -2.12. The van der Waals surface area contributed by atoms with Crippen LogP contribution >= 0.6 is 0 Å². The molecule has 6 nitrogen and oxygen atoms in total. The predicted molar refractivity (Wildman–Crippen MR) is 88.3 cm³/mol. The lowest BCUT2D eigenvalue weighted by molar-refractivity contribution is 0.0450. The minimum absolute atomic E-state index is 0.156. The number of esters is 1. The van der Waals surface area contributed by atoms with Crippen molar-refractivity contribution in [1.29, 1.82) is 0 Å². The number of nitrogens with zero attached hydrogens (tertiary/aromatic N) is 2. The molecule has 1 aromatic heterocycles. The van der Waals surface area contributed by atoms with E-state index >= 15 is 0 Å². The smallest absolute Gasteiger partial charge is 0.338 e. The van der Waals surface area contributed by atoms with E-state index in [0.29, 0.717) is 16.8 Å². The molecule has 122 valence electrons. The SMILES string of the molecule is COc1ccc(OCCOC(=O)c2ccc3nccnc3c2)cc1. The number of aromatic nitrogens is 2. The molecule has 0 fully saturated rings. The summed E-state index contributed by atoms with van der Waals surface area (Å²) in [4.78, 5) is 20.4. The normalized spacial score (nSPS) is 10.4. The maximum Gasteiger partial charge on any atom is 0.338 e. The van der Waals surface area contributed by atoms with E-state index in [1.54, 1.807) is 62.0 Å². The summed E-state index contributed by atoms with van der Waals surface area (Å²) < 4.78 is 15.8. The molecule has 0 aliphatic rings. The molecule has 0 bridgehead atoms. The molecule has 0 unspecified atom stereocenters. The Hall–Kier alpha value is -3.15. The lowest BCUT2D eigenvalue weighted by atomic mass is 10.2. The molecule has 0 saturated carbocycles. The number of rotatable bonds is 6. The van der Waals surface area contributed by atoms with Crippen molar-refractivity contribution >= 4 is 17.0 Å². The number of ether oxygens (including phenoxy) is 3. The van der Waals surface area contributed by atoms with E-state index in [1.165, 1.54) is 0 Å². The Morgan fingerprint density at radius 1 is 0.917 bits per heavy atom. The van der Waals surface area contributed by atoms with Gasteiger partial charge in [-0.2, -0.15) is 0 Å². The van der Waals surface area contributed by atoms with Crippen LogP contribution in [0, 0.1) is 0 Å². The Bertz CT molecular complexity index is 834. The van der Waals surface area contributed by atoms with Crippen LogP contribution in [-0.4, -0.2) is 36.3 Å². The predicted octanol–water partition coefficient (Wildman–Crippen LogP) is 2.87. The molecule has 3 rings (SSSR count). The van der Waals surface area contributed by atoms with E-state index in [-0.39, 0.29) is 13.2 Å². The number of carbonyl (C=O) groups is 1. The van der Waals surface area contributed by atoms with E-state index in [9.17, 15) is 4.79 Å². The fourth-order valence-corrected chi connectivity index (χ4v) is 2.14. The maximum absolute atomic E-state index is 12.0. The largest absolute Gasteiger partial charge is 0.497 e. The first-order valence-electron chi connectivity index (χ1n) is 7.41. The van der Waals surface area contributed by atoms with Gasteiger partial charge in [0.15, 0.2) is 0 Å². The molecule has 0 saturated heterocycles. The zero-order valence-electron chi connectivity index (χ0n) is 13.1. The average molecular weight is 324 g/mol. The third-order valence-corrected chi connectivity index (χ3v) is 3.35. The van der Waals surface area contributed by atoms with E-state index in [0.717, 1.165) is 11.3 Å². The average Bonchev–Trinajstić information content (AvgIpc) is 2.65. The number of methoxy groups -OCH3 is 1. The van der Waals surface area contributed by atoms with Gasteiger partial charge in [-0.15, -0.1) is 0 Å². The summed E-state index contributed by atoms with van der Waals surface area (Å²) in [6, 6.07) is 12.3. The number of fused-ring (bicyclic) bond motifs is 1. The minimum atomic E-state index is -0.416. The standard InChI is InChI=1S/C18H16N2O4/c1-22-14-3-5-15(6-4-14)23-10-11-24-18(21)13-2-7-16-17(12-13)20-9-8-19-16/h2-9,12H,10-11H2,1H3. The highest BCUT2D eigenvalue weighted by molar-refractivity contribution is 5.93. The number of carbonyl (C=O) groups excluding carboxylic acids is 1. The first-order valence-corrected chi connectivity index (χ1v) is 7.41.